The van der Waals surface area contributed by atoms with Gasteiger partial charge in [-0.25, -0.2) is 4.39 Å². The lowest BCUT2D eigenvalue weighted by Gasteiger charge is -2.10. The van der Waals surface area contributed by atoms with E-state index in [1.165, 1.54) is 13.2 Å². The normalized spacial score (nSPS) is 10.3. The van der Waals surface area contributed by atoms with Gasteiger partial charge in [0.25, 0.3) is 0 Å². The fourth-order valence-corrected chi connectivity index (χ4v) is 1.98. The van der Waals surface area contributed by atoms with E-state index >= 15 is 0 Å². The Morgan fingerprint density at radius 3 is 2.68 bits per heavy atom. The number of aryl methyl sites for hydroxylation is 1. The van der Waals surface area contributed by atoms with Crippen LogP contribution in [0.15, 0.2) is 36.4 Å². The molecule has 0 aliphatic rings. The summed E-state index contributed by atoms with van der Waals surface area (Å²) in [4.78, 5) is 0. The minimum atomic E-state index is -0.364. The van der Waals surface area contributed by atoms with Crippen molar-refractivity contribution in [3.63, 3.8) is 0 Å². The molecule has 0 heterocycles. The lowest BCUT2D eigenvalue weighted by Crippen LogP contribution is -2.01. The van der Waals surface area contributed by atoms with Gasteiger partial charge in [0.15, 0.2) is 11.6 Å². The molecule has 1 N–H and O–H groups in total. The molecule has 0 bridgehead atoms. The number of hydrogen-bond acceptors (Lipinski definition) is 2. The third kappa shape index (κ3) is 3.38. The zero-order valence-electron chi connectivity index (χ0n) is 10.8. The molecule has 0 unspecified atom stereocenters. The minimum Gasteiger partial charge on any atom is -0.494 e. The van der Waals surface area contributed by atoms with E-state index in [9.17, 15) is 4.39 Å². The molecule has 0 atom stereocenters. The molecular weight excluding hydrogens is 265 g/mol. The van der Waals surface area contributed by atoms with Gasteiger partial charge in [-0.05, 0) is 42.3 Å². The first-order valence-electron chi connectivity index (χ1n) is 5.92. The maximum Gasteiger partial charge on any atom is 0.165 e. The molecule has 0 saturated carbocycles. The van der Waals surface area contributed by atoms with Crippen molar-refractivity contribution < 1.29 is 9.13 Å². The van der Waals surface area contributed by atoms with Crippen molar-refractivity contribution in [2.45, 2.75) is 13.5 Å². The maximum atomic E-state index is 13.5. The molecule has 4 heteroatoms. The average molecular weight is 280 g/mol. The van der Waals surface area contributed by atoms with Crippen LogP contribution in [0.3, 0.4) is 0 Å². The molecule has 2 nitrogen and oxygen atoms in total. The number of halogens is 2. The van der Waals surface area contributed by atoms with Crippen molar-refractivity contribution in [3.8, 4) is 5.75 Å². The number of nitrogens with one attached hydrogen (secondary N) is 1. The number of benzene rings is 2. The van der Waals surface area contributed by atoms with Gasteiger partial charge in [0.05, 0.1) is 17.8 Å². The predicted molar refractivity (Wildman–Crippen MR) is 76.5 cm³/mol. The Morgan fingerprint density at radius 2 is 2.00 bits per heavy atom. The van der Waals surface area contributed by atoms with E-state index in [1.807, 2.05) is 31.2 Å². The second-order valence-electron chi connectivity index (χ2n) is 4.31. The molecular formula is C15H15ClFNO. The van der Waals surface area contributed by atoms with Crippen molar-refractivity contribution in [1.29, 1.82) is 0 Å². The van der Waals surface area contributed by atoms with Gasteiger partial charge in [0.1, 0.15) is 0 Å². The molecule has 0 aromatic heterocycles. The van der Waals surface area contributed by atoms with Crippen molar-refractivity contribution in [1.82, 2.24) is 0 Å². The molecule has 0 radical (unpaired) electrons. The Labute approximate surface area is 117 Å². The SMILES string of the molecule is COc1ccc(CNc2cc(C)ccc2Cl)cc1F. The van der Waals surface area contributed by atoms with E-state index in [2.05, 4.69) is 5.32 Å². The predicted octanol–water partition coefficient (Wildman–Crippen LogP) is 4.41. The summed E-state index contributed by atoms with van der Waals surface area (Å²) in [6.45, 7) is 2.50. The van der Waals surface area contributed by atoms with E-state index in [0.717, 1.165) is 16.8 Å². The van der Waals surface area contributed by atoms with E-state index in [0.29, 0.717) is 11.6 Å². The summed E-state index contributed by atoms with van der Waals surface area (Å²) in [5.74, 6) is -0.116. The second kappa shape index (κ2) is 5.93. The van der Waals surface area contributed by atoms with E-state index < -0.39 is 0 Å². The van der Waals surface area contributed by atoms with Crippen LogP contribution in [-0.4, -0.2) is 7.11 Å². The number of ether oxygens (including phenoxy) is 1. The van der Waals surface area contributed by atoms with Gasteiger partial charge in [-0.3, -0.25) is 0 Å². The summed E-state index contributed by atoms with van der Waals surface area (Å²) >= 11 is 6.08. The Hall–Kier alpha value is -1.74. The third-order valence-corrected chi connectivity index (χ3v) is 3.15. The quantitative estimate of drug-likeness (QED) is 0.895. The minimum absolute atomic E-state index is 0.248. The van der Waals surface area contributed by atoms with Crippen LogP contribution < -0.4 is 10.1 Å². The highest BCUT2D eigenvalue weighted by Crippen LogP contribution is 2.24. The maximum absolute atomic E-state index is 13.5. The Morgan fingerprint density at radius 1 is 1.21 bits per heavy atom. The van der Waals surface area contributed by atoms with Crippen LogP contribution in [0.25, 0.3) is 0 Å². The zero-order chi connectivity index (χ0) is 13.8. The molecule has 2 aromatic rings. The van der Waals surface area contributed by atoms with E-state index in [4.69, 9.17) is 16.3 Å². The molecule has 0 fully saturated rings. The molecule has 19 heavy (non-hydrogen) atoms. The standard InChI is InChI=1S/C15H15ClFNO/c1-10-3-5-12(16)14(7-10)18-9-11-4-6-15(19-2)13(17)8-11/h3-8,18H,9H2,1-2H3. The van der Waals surface area contributed by atoms with E-state index in [1.54, 1.807) is 6.07 Å². The lowest BCUT2D eigenvalue weighted by molar-refractivity contribution is 0.386. The largest absolute Gasteiger partial charge is 0.494 e. The Kier molecular flexibility index (Phi) is 4.27. The summed E-state index contributed by atoms with van der Waals surface area (Å²) in [5, 5.41) is 3.85. The van der Waals surface area contributed by atoms with Gasteiger partial charge in [-0.15, -0.1) is 0 Å². The topological polar surface area (TPSA) is 21.3 Å². The first-order chi connectivity index (χ1) is 9.10. The van der Waals surface area contributed by atoms with Crippen molar-refractivity contribution in [3.05, 3.63) is 58.4 Å². The highest BCUT2D eigenvalue weighted by atomic mass is 35.5. The van der Waals surface area contributed by atoms with Crippen molar-refractivity contribution in [2.24, 2.45) is 0 Å². The molecule has 0 aliphatic heterocycles. The van der Waals surface area contributed by atoms with Crippen LogP contribution in [0.5, 0.6) is 5.75 Å². The average Bonchev–Trinajstić information content (AvgIpc) is 2.40. The Balaban J connectivity index is 2.10. The first-order valence-corrected chi connectivity index (χ1v) is 6.30. The Bertz CT molecular complexity index is 586. The van der Waals surface area contributed by atoms with Crippen LogP contribution in [0.4, 0.5) is 10.1 Å². The van der Waals surface area contributed by atoms with E-state index in [-0.39, 0.29) is 11.6 Å². The summed E-state index contributed by atoms with van der Waals surface area (Å²) in [6.07, 6.45) is 0. The van der Waals surface area contributed by atoms with Gasteiger partial charge in [0, 0.05) is 6.54 Å². The summed E-state index contributed by atoms with van der Waals surface area (Å²) in [7, 11) is 1.45. The first kappa shape index (κ1) is 13.7. The van der Waals surface area contributed by atoms with Crippen LogP contribution in [-0.2, 0) is 6.54 Å². The van der Waals surface area contributed by atoms with Gasteiger partial charge in [-0.1, -0.05) is 23.7 Å². The highest BCUT2D eigenvalue weighted by molar-refractivity contribution is 6.33. The van der Waals surface area contributed by atoms with Crippen LogP contribution in [0.2, 0.25) is 5.02 Å². The van der Waals surface area contributed by atoms with Gasteiger partial charge in [0.2, 0.25) is 0 Å². The van der Waals surface area contributed by atoms with Crippen LogP contribution >= 0.6 is 11.6 Å². The summed E-state index contributed by atoms with van der Waals surface area (Å²) in [5.41, 5.74) is 2.79. The molecule has 0 aliphatic carbocycles. The second-order valence-corrected chi connectivity index (χ2v) is 4.71. The smallest absolute Gasteiger partial charge is 0.165 e. The van der Waals surface area contributed by atoms with Gasteiger partial charge < -0.3 is 10.1 Å². The number of methoxy groups -OCH3 is 1. The van der Waals surface area contributed by atoms with Crippen LogP contribution in [0.1, 0.15) is 11.1 Å². The molecule has 0 spiro atoms. The molecule has 0 saturated heterocycles. The van der Waals surface area contributed by atoms with Crippen molar-refractivity contribution >= 4 is 17.3 Å². The highest BCUT2D eigenvalue weighted by Gasteiger charge is 2.04. The zero-order valence-corrected chi connectivity index (χ0v) is 11.6. The summed E-state index contributed by atoms with van der Waals surface area (Å²) < 4.78 is 18.4. The third-order valence-electron chi connectivity index (χ3n) is 2.82. The summed E-state index contributed by atoms with van der Waals surface area (Å²) in [6, 6.07) is 10.6. The number of anilines is 1. The van der Waals surface area contributed by atoms with Crippen LogP contribution in [0, 0.1) is 12.7 Å². The van der Waals surface area contributed by atoms with Crippen molar-refractivity contribution in [2.75, 3.05) is 12.4 Å². The molecule has 2 rings (SSSR count). The monoisotopic (exact) mass is 279 g/mol. The fourth-order valence-electron chi connectivity index (χ4n) is 1.79. The van der Waals surface area contributed by atoms with Gasteiger partial charge in [-0.2, -0.15) is 0 Å². The molecule has 2 aromatic carbocycles. The lowest BCUT2D eigenvalue weighted by atomic mass is 10.2. The number of rotatable bonds is 4. The fraction of sp³-hybridized carbons (Fsp3) is 0.200. The van der Waals surface area contributed by atoms with Gasteiger partial charge >= 0.3 is 0 Å². The number of hydrogen-bond donors (Lipinski definition) is 1. The molecule has 100 valence electrons. The molecule has 0 amide bonds.